The van der Waals surface area contributed by atoms with E-state index in [0.717, 1.165) is 22.3 Å². The molecule has 1 aromatic heterocycles. The average molecular weight is 475 g/mol. The Hall–Kier alpha value is -4.07. The van der Waals surface area contributed by atoms with Crippen molar-refractivity contribution in [3.8, 4) is 11.1 Å². The number of carboxylic acids is 1. The summed E-state index contributed by atoms with van der Waals surface area (Å²) < 4.78 is 11.0. The quantitative estimate of drug-likeness (QED) is 0.541. The zero-order chi connectivity index (χ0) is 24.5. The van der Waals surface area contributed by atoms with E-state index in [-0.39, 0.29) is 36.6 Å². The molecule has 180 valence electrons. The number of carbonyl (C=O) groups excluding carboxylic acids is 2. The molecule has 8 heteroatoms. The number of rotatable bonds is 5. The summed E-state index contributed by atoms with van der Waals surface area (Å²) in [6, 6.07) is 17.5. The molecule has 1 aliphatic carbocycles. The van der Waals surface area contributed by atoms with Crippen molar-refractivity contribution in [2.75, 3.05) is 18.5 Å². The number of nitrogens with zero attached hydrogens (tertiary/aromatic N) is 1. The van der Waals surface area contributed by atoms with E-state index in [4.69, 9.17) is 9.15 Å². The number of carboxylic acid groups (broad SMARTS) is 1. The van der Waals surface area contributed by atoms with Gasteiger partial charge in [-0.25, -0.2) is 4.79 Å². The maximum atomic E-state index is 13.1. The Morgan fingerprint density at radius 3 is 2.34 bits per heavy atom. The van der Waals surface area contributed by atoms with Crippen LogP contribution in [0.15, 0.2) is 65.3 Å². The van der Waals surface area contributed by atoms with Crippen LogP contribution in [0.1, 0.15) is 47.4 Å². The first kappa shape index (κ1) is 22.7. The van der Waals surface area contributed by atoms with Crippen molar-refractivity contribution >= 4 is 23.7 Å². The van der Waals surface area contributed by atoms with Crippen molar-refractivity contribution in [1.29, 1.82) is 0 Å². The summed E-state index contributed by atoms with van der Waals surface area (Å²) in [7, 11) is 0. The molecule has 5 rings (SSSR count). The zero-order valence-corrected chi connectivity index (χ0v) is 19.3. The monoisotopic (exact) mass is 474 g/mol. The third-order valence-electron chi connectivity index (χ3n) is 6.93. The van der Waals surface area contributed by atoms with Gasteiger partial charge in [0.15, 0.2) is 0 Å². The van der Waals surface area contributed by atoms with Crippen LogP contribution in [0, 0.1) is 5.92 Å². The average Bonchev–Trinajstić information content (AvgIpc) is 3.45. The van der Waals surface area contributed by atoms with Gasteiger partial charge in [-0.1, -0.05) is 48.5 Å². The SMILES string of the molecule is CC1CCC(C(=O)O)CN1C(=O)c1occc1NC(=O)OCC1c2ccccc2-c2ccccc21. The molecule has 2 unspecified atom stereocenters. The molecule has 2 heterocycles. The molecule has 2 atom stereocenters. The summed E-state index contributed by atoms with van der Waals surface area (Å²) in [5, 5.41) is 12.0. The molecule has 0 radical (unpaired) electrons. The number of fused-ring (bicyclic) bond motifs is 3. The normalized spacial score (nSPS) is 19.1. The maximum absolute atomic E-state index is 13.1. The molecule has 2 N–H and O–H groups in total. The minimum atomic E-state index is -0.925. The lowest BCUT2D eigenvalue weighted by molar-refractivity contribution is -0.143. The first-order chi connectivity index (χ1) is 16.9. The molecule has 2 aliphatic rings. The smallest absolute Gasteiger partial charge is 0.411 e. The number of anilines is 1. The number of likely N-dealkylation sites (tertiary alicyclic amines) is 1. The standard InChI is InChI=1S/C27H26N2O6/c1-16-10-11-17(26(31)32)14-29(16)25(30)24-23(12-13-34-24)28-27(33)35-15-22-20-8-4-2-6-18(20)19-7-3-5-9-21(19)22/h2-9,12-13,16-17,22H,10-11,14-15H2,1H3,(H,28,33)(H,31,32). The number of benzene rings is 2. The Bertz CT molecular complexity index is 1240. The van der Waals surface area contributed by atoms with E-state index in [9.17, 15) is 19.5 Å². The number of piperidine rings is 1. The van der Waals surface area contributed by atoms with Crippen LogP contribution in [0.4, 0.5) is 10.5 Å². The summed E-state index contributed by atoms with van der Waals surface area (Å²) in [4.78, 5) is 38.7. The summed E-state index contributed by atoms with van der Waals surface area (Å²) in [6.07, 6.45) is 1.72. The van der Waals surface area contributed by atoms with Gasteiger partial charge in [-0.2, -0.15) is 0 Å². The molecule has 35 heavy (non-hydrogen) atoms. The van der Waals surface area contributed by atoms with Crippen LogP contribution in [-0.4, -0.2) is 47.2 Å². The second-order valence-electron chi connectivity index (χ2n) is 9.03. The summed E-state index contributed by atoms with van der Waals surface area (Å²) in [5.41, 5.74) is 4.67. The highest BCUT2D eigenvalue weighted by molar-refractivity contribution is 6.00. The second kappa shape index (κ2) is 9.29. The van der Waals surface area contributed by atoms with Crippen LogP contribution in [0.2, 0.25) is 0 Å². The summed E-state index contributed by atoms with van der Waals surface area (Å²) >= 11 is 0. The Kier molecular flexibility index (Phi) is 6.03. The number of ether oxygens (including phenoxy) is 1. The fourth-order valence-electron chi connectivity index (χ4n) is 5.04. The van der Waals surface area contributed by atoms with Crippen molar-refractivity contribution in [3.63, 3.8) is 0 Å². The highest BCUT2D eigenvalue weighted by Crippen LogP contribution is 2.44. The van der Waals surface area contributed by atoms with Crippen molar-refractivity contribution < 1.29 is 28.6 Å². The van der Waals surface area contributed by atoms with Crippen LogP contribution in [0.5, 0.6) is 0 Å². The number of aliphatic carboxylic acids is 1. The number of nitrogens with one attached hydrogen (secondary N) is 1. The molecule has 0 spiro atoms. The summed E-state index contributed by atoms with van der Waals surface area (Å²) in [5.74, 6) is -2.13. The van der Waals surface area contributed by atoms with Gasteiger partial charge in [0.25, 0.3) is 5.91 Å². The molecule has 0 saturated carbocycles. The third kappa shape index (κ3) is 4.27. The van der Waals surface area contributed by atoms with E-state index >= 15 is 0 Å². The first-order valence-corrected chi connectivity index (χ1v) is 11.7. The molecule has 3 aromatic rings. The van der Waals surface area contributed by atoms with E-state index in [1.165, 1.54) is 17.2 Å². The van der Waals surface area contributed by atoms with Gasteiger partial charge >= 0.3 is 12.1 Å². The molecule has 2 aromatic carbocycles. The Morgan fingerprint density at radius 1 is 1.03 bits per heavy atom. The lowest BCUT2D eigenvalue weighted by Gasteiger charge is -2.36. The molecule has 1 fully saturated rings. The van der Waals surface area contributed by atoms with Gasteiger partial charge in [0.2, 0.25) is 5.76 Å². The highest BCUT2D eigenvalue weighted by Gasteiger charge is 2.35. The van der Waals surface area contributed by atoms with Crippen molar-refractivity contribution in [2.45, 2.75) is 31.7 Å². The minimum Gasteiger partial charge on any atom is -0.481 e. The van der Waals surface area contributed by atoms with Crippen LogP contribution in [0.3, 0.4) is 0 Å². The maximum Gasteiger partial charge on any atom is 0.411 e. The Balaban J connectivity index is 1.27. The molecule has 8 nitrogen and oxygen atoms in total. The molecule has 0 bridgehead atoms. The topological polar surface area (TPSA) is 109 Å². The highest BCUT2D eigenvalue weighted by atomic mass is 16.5. The second-order valence-corrected chi connectivity index (χ2v) is 9.03. The van der Waals surface area contributed by atoms with E-state index in [0.29, 0.717) is 12.8 Å². The van der Waals surface area contributed by atoms with E-state index < -0.39 is 23.9 Å². The van der Waals surface area contributed by atoms with Gasteiger partial charge in [0.1, 0.15) is 6.61 Å². The molecule has 1 aliphatic heterocycles. The lowest BCUT2D eigenvalue weighted by Crippen LogP contribution is -2.47. The predicted molar refractivity (Wildman–Crippen MR) is 128 cm³/mol. The largest absolute Gasteiger partial charge is 0.481 e. The van der Waals surface area contributed by atoms with Gasteiger partial charge in [-0.15, -0.1) is 0 Å². The number of amides is 2. The van der Waals surface area contributed by atoms with Crippen molar-refractivity contribution in [1.82, 2.24) is 4.90 Å². The van der Waals surface area contributed by atoms with E-state index in [2.05, 4.69) is 17.4 Å². The molecular weight excluding hydrogens is 448 g/mol. The van der Waals surface area contributed by atoms with Gasteiger partial charge in [0, 0.05) is 24.6 Å². The van der Waals surface area contributed by atoms with Crippen molar-refractivity contribution in [2.24, 2.45) is 5.92 Å². The predicted octanol–water partition coefficient (Wildman–Crippen LogP) is 4.97. The summed E-state index contributed by atoms with van der Waals surface area (Å²) in [6.45, 7) is 2.11. The fourth-order valence-corrected chi connectivity index (χ4v) is 5.04. The molecule has 2 amide bonds. The van der Waals surface area contributed by atoms with Gasteiger partial charge in [0.05, 0.1) is 17.9 Å². The van der Waals surface area contributed by atoms with E-state index in [1.54, 1.807) is 0 Å². The third-order valence-corrected chi connectivity index (χ3v) is 6.93. The number of hydrogen-bond acceptors (Lipinski definition) is 5. The van der Waals surface area contributed by atoms with E-state index in [1.807, 2.05) is 43.3 Å². The van der Waals surface area contributed by atoms with Crippen LogP contribution in [-0.2, 0) is 9.53 Å². The van der Waals surface area contributed by atoms with Crippen LogP contribution < -0.4 is 5.32 Å². The number of hydrogen-bond donors (Lipinski definition) is 2. The fraction of sp³-hybridized carbons (Fsp3) is 0.296. The molecular formula is C27H26N2O6. The van der Waals surface area contributed by atoms with Crippen molar-refractivity contribution in [3.05, 3.63) is 77.7 Å². The first-order valence-electron chi connectivity index (χ1n) is 11.7. The zero-order valence-electron chi connectivity index (χ0n) is 19.3. The van der Waals surface area contributed by atoms with Gasteiger partial charge in [-0.05, 0) is 42.0 Å². The molecule has 1 saturated heterocycles. The Labute approximate surface area is 202 Å². The van der Waals surface area contributed by atoms with Gasteiger partial charge in [-0.3, -0.25) is 14.9 Å². The number of carbonyl (C=O) groups is 3. The van der Waals surface area contributed by atoms with Crippen LogP contribution >= 0.6 is 0 Å². The van der Waals surface area contributed by atoms with Gasteiger partial charge < -0.3 is 19.2 Å². The minimum absolute atomic E-state index is 0.0450. The Morgan fingerprint density at radius 2 is 1.69 bits per heavy atom. The van der Waals surface area contributed by atoms with Crippen LogP contribution in [0.25, 0.3) is 11.1 Å². The lowest BCUT2D eigenvalue weighted by atomic mass is 9.93. The number of furan rings is 1.